The van der Waals surface area contributed by atoms with Gasteiger partial charge in [-0.25, -0.2) is 9.38 Å². The summed E-state index contributed by atoms with van der Waals surface area (Å²) in [6, 6.07) is 13.9. The summed E-state index contributed by atoms with van der Waals surface area (Å²) in [5, 5.41) is 2.58. The number of carbonyl (C=O) groups is 2. The monoisotopic (exact) mass is 413 g/mol. The second-order valence-electron chi connectivity index (χ2n) is 6.74. The molecule has 1 atom stereocenters. The van der Waals surface area contributed by atoms with Gasteiger partial charge in [0.15, 0.2) is 5.17 Å². The van der Waals surface area contributed by atoms with Crippen LogP contribution in [0.5, 0.6) is 0 Å². The molecule has 2 aromatic rings. The van der Waals surface area contributed by atoms with Crippen molar-refractivity contribution in [2.45, 2.75) is 38.4 Å². The summed E-state index contributed by atoms with van der Waals surface area (Å²) in [4.78, 5) is 31.5. The van der Waals surface area contributed by atoms with Crippen LogP contribution in [0.4, 0.5) is 15.8 Å². The third kappa shape index (κ3) is 5.23. The zero-order valence-electron chi connectivity index (χ0n) is 16.5. The van der Waals surface area contributed by atoms with E-state index in [-0.39, 0.29) is 18.0 Å². The van der Waals surface area contributed by atoms with Crippen molar-refractivity contribution in [2.24, 2.45) is 4.99 Å². The van der Waals surface area contributed by atoms with Crippen LogP contribution in [0, 0.1) is 5.82 Å². The van der Waals surface area contributed by atoms with Gasteiger partial charge in [0, 0.05) is 13.0 Å². The highest BCUT2D eigenvalue weighted by Gasteiger charge is 2.38. The van der Waals surface area contributed by atoms with Gasteiger partial charge in [-0.1, -0.05) is 49.9 Å². The second-order valence-corrected chi connectivity index (χ2v) is 7.91. The van der Waals surface area contributed by atoms with Crippen molar-refractivity contribution in [2.75, 3.05) is 11.9 Å². The third-order valence-corrected chi connectivity index (χ3v) is 5.73. The maximum Gasteiger partial charge on any atom is 0.242 e. The van der Waals surface area contributed by atoms with Crippen molar-refractivity contribution >= 4 is 40.1 Å². The topological polar surface area (TPSA) is 61.8 Å². The fourth-order valence-electron chi connectivity index (χ4n) is 3.00. The van der Waals surface area contributed by atoms with Crippen LogP contribution < -0.4 is 5.32 Å². The molecule has 152 valence electrons. The lowest BCUT2D eigenvalue weighted by Crippen LogP contribution is -2.34. The summed E-state index contributed by atoms with van der Waals surface area (Å²) in [5.41, 5.74) is 2.11. The number of rotatable bonds is 7. The number of anilines is 1. The number of hydrogen-bond acceptors (Lipinski definition) is 4. The lowest BCUT2D eigenvalue weighted by Gasteiger charge is -2.15. The van der Waals surface area contributed by atoms with Crippen LogP contribution in [-0.2, 0) is 16.0 Å². The van der Waals surface area contributed by atoms with Gasteiger partial charge in [-0.05, 0) is 42.7 Å². The molecule has 0 unspecified atom stereocenters. The summed E-state index contributed by atoms with van der Waals surface area (Å²) in [6.07, 6.45) is 1.70. The standard InChI is InChI=1S/C22H24FN3O2S/c1-3-13-26-21(28)19(14-20(27)25-18-8-6-5-7-17(18)23)29-22(26)24-16-11-9-15(4-2)10-12-16/h5-12,19H,3-4,13-14H2,1-2H3,(H,25,27)/t19-/m0/s1. The summed E-state index contributed by atoms with van der Waals surface area (Å²) in [6.45, 7) is 4.62. The highest BCUT2D eigenvalue weighted by atomic mass is 32.2. The van der Waals surface area contributed by atoms with Crippen molar-refractivity contribution in [3.8, 4) is 0 Å². The number of aliphatic imine (C=N–C) groups is 1. The average molecular weight is 414 g/mol. The van der Waals surface area contributed by atoms with Crippen LogP contribution in [-0.4, -0.2) is 33.7 Å². The van der Waals surface area contributed by atoms with E-state index in [1.54, 1.807) is 17.0 Å². The highest BCUT2D eigenvalue weighted by molar-refractivity contribution is 8.15. The first-order valence-electron chi connectivity index (χ1n) is 9.71. The molecule has 2 aromatic carbocycles. The largest absolute Gasteiger partial charge is 0.324 e. The van der Waals surface area contributed by atoms with Gasteiger partial charge in [0.25, 0.3) is 0 Å². The first kappa shape index (κ1) is 21.0. The zero-order chi connectivity index (χ0) is 20.8. The van der Waals surface area contributed by atoms with Crippen molar-refractivity contribution in [3.63, 3.8) is 0 Å². The predicted molar refractivity (Wildman–Crippen MR) is 116 cm³/mol. The van der Waals surface area contributed by atoms with E-state index in [1.165, 1.54) is 29.5 Å². The molecule has 1 heterocycles. The van der Waals surface area contributed by atoms with Crippen LogP contribution in [0.3, 0.4) is 0 Å². The van der Waals surface area contributed by atoms with Gasteiger partial charge in [0.05, 0.1) is 11.4 Å². The molecule has 0 aromatic heterocycles. The Morgan fingerprint density at radius 1 is 1.17 bits per heavy atom. The Morgan fingerprint density at radius 3 is 2.55 bits per heavy atom. The summed E-state index contributed by atoms with van der Waals surface area (Å²) < 4.78 is 13.7. The Bertz CT molecular complexity index is 915. The Kier molecular flexibility index (Phi) is 7.04. The molecular weight excluding hydrogens is 389 g/mol. The van der Waals surface area contributed by atoms with E-state index in [2.05, 4.69) is 17.2 Å². The predicted octanol–water partition coefficient (Wildman–Crippen LogP) is 4.76. The minimum absolute atomic E-state index is 0.0359. The molecule has 5 nitrogen and oxygen atoms in total. The Morgan fingerprint density at radius 2 is 1.90 bits per heavy atom. The van der Waals surface area contributed by atoms with Crippen LogP contribution in [0.25, 0.3) is 0 Å². The second kappa shape index (κ2) is 9.69. The molecule has 29 heavy (non-hydrogen) atoms. The van der Waals surface area contributed by atoms with Crippen LogP contribution in [0.2, 0.25) is 0 Å². The SMILES string of the molecule is CCCN1C(=O)[C@H](CC(=O)Nc2ccccc2F)SC1=Nc1ccc(CC)cc1. The van der Waals surface area contributed by atoms with E-state index in [0.717, 1.165) is 18.5 Å². The van der Waals surface area contributed by atoms with Crippen LogP contribution >= 0.6 is 11.8 Å². The number of hydrogen-bond donors (Lipinski definition) is 1. The number of nitrogens with one attached hydrogen (secondary N) is 1. The Balaban J connectivity index is 1.73. The van der Waals surface area contributed by atoms with Gasteiger partial charge in [-0.2, -0.15) is 0 Å². The quantitative estimate of drug-likeness (QED) is 0.712. The van der Waals surface area contributed by atoms with Gasteiger partial charge in [-0.15, -0.1) is 0 Å². The highest BCUT2D eigenvalue weighted by Crippen LogP contribution is 2.32. The van der Waals surface area contributed by atoms with Gasteiger partial charge in [-0.3, -0.25) is 14.5 Å². The number of amides is 2. The van der Waals surface area contributed by atoms with Crippen molar-refractivity contribution < 1.29 is 14.0 Å². The Hall–Kier alpha value is -2.67. The van der Waals surface area contributed by atoms with E-state index in [9.17, 15) is 14.0 Å². The lowest BCUT2D eigenvalue weighted by molar-refractivity contribution is -0.128. The molecule has 1 saturated heterocycles. The maximum atomic E-state index is 13.7. The fraction of sp³-hybridized carbons (Fsp3) is 0.318. The van der Waals surface area contributed by atoms with Crippen molar-refractivity contribution in [1.82, 2.24) is 4.90 Å². The normalized spacial score (nSPS) is 17.8. The van der Waals surface area contributed by atoms with Crippen molar-refractivity contribution in [3.05, 3.63) is 59.9 Å². The van der Waals surface area contributed by atoms with Gasteiger partial charge in [0.1, 0.15) is 11.1 Å². The molecule has 0 aliphatic carbocycles. The molecule has 2 amide bonds. The van der Waals surface area contributed by atoms with E-state index < -0.39 is 17.0 Å². The minimum Gasteiger partial charge on any atom is -0.324 e. The van der Waals surface area contributed by atoms with E-state index in [4.69, 9.17) is 0 Å². The molecule has 1 aliphatic rings. The molecule has 7 heteroatoms. The van der Waals surface area contributed by atoms with Crippen molar-refractivity contribution in [1.29, 1.82) is 0 Å². The van der Waals surface area contributed by atoms with E-state index >= 15 is 0 Å². The number of para-hydroxylation sites is 1. The number of nitrogens with zero attached hydrogens (tertiary/aromatic N) is 2. The van der Waals surface area contributed by atoms with E-state index in [0.29, 0.717) is 11.7 Å². The first-order valence-corrected chi connectivity index (χ1v) is 10.6. The van der Waals surface area contributed by atoms with Gasteiger partial charge in [0.2, 0.25) is 11.8 Å². The minimum atomic E-state index is -0.568. The molecular formula is C22H24FN3O2S. The molecule has 1 fully saturated rings. The molecule has 0 bridgehead atoms. The smallest absolute Gasteiger partial charge is 0.242 e. The van der Waals surface area contributed by atoms with Crippen LogP contribution in [0.1, 0.15) is 32.3 Å². The number of thioether (sulfide) groups is 1. The molecule has 3 rings (SSSR count). The van der Waals surface area contributed by atoms with Gasteiger partial charge < -0.3 is 5.32 Å². The average Bonchev–Trinajstić information content (AvgIpc) is 2.99. The van der Waals surface area contributed by atoms with Crippen LogP contribution in [0.15, 0.2) is 53.5 Å². The first-order chi connectivity index (χ1) is 14.0. The Labute approximate surface area is 174 Å². The fourth-order valence-corrected chi connectivity index (χ4v) is 4.19. The number of carbonyl (C=O) groups excluding carboxylic acids is 2. The van der Waals surface area contributed by atoms with E-state index in [1.807, 2.05) is 31.2 Å². The number of aryl methyl sites for hydroxylation is 1. The summed E-state index contributed by atoms with van der Waals surface area (Å²) in [5.74, 6) is -1.04. The third-order valence-electron chi connectivity index (χ3n) is 4.56. The molecule has 1 N–H and O–H groups in total. The molecule has 0 spiro atoms. The number of benzene rings is 2. The molecule has 1 aliphatic heterocycles. The molecule has 0 saturated carbocycles. The lowest BCUT2D eigenvalue weighted by atomic mass is 10.2. The summed E-state index contributed by atoms with van der Waals surface area (Å²) >= 11 is 1.29. The number of halogens is 1. The maximum absolute atomic E-state index is 13.7. The zero-order valence-corrected chi connectivity index (χ0v) is 17.3. The summed E-state index contributed by atoms with van der Waals surface area (Å²) in [7, 11) is 0. The number of amidine groups is 1. The van der Waals surface area contributed by atoms with Gasteiger partial charge >= 0.3 is 0 Å². The molecule has 0 radical (unpaired) electrons.